The number of fused-ring (bicyclic) bond motifs is 1. The number of H-pyrrole nitrogens is 1. The van der Waals surface area contributed by atoms with Gasteiger partial charge >= 0.3 is 0 Å². The summed E-state index contributed by atoms with van der Waals surface area (Å²) >= 11 is 0. The maximum absolute atomic E-state index is 12.8. The average molecular weight is 378 g/mol. The van der Waals surface area contributed by atoms with Crippen molar-refractivity contribution in [1.29, 1.82) is 0 Å². The lowest BCUT2D eigenvalue weighted by atomic mass is 10.00. The molecule has 0 aliphatic rings. The lowest BCUT2D eigenvalue weighted by Gasteiger charge is -2.29. The predicted octanol–water partition coefficient (Wildman–Crippen LogP) is 6.65. The van der Waals surface area contributed by atoms with E-state index in [2.05, 4.69) is 80.9 Å². The molecule has 0 fully saturated rings. The van der Waals surface area contributed by atoms with Gasteiger partial charge in [-0.15, -0.1) is 0 Å². The van der Waals surface area contributed by atoms with Crippen LogP contribution in [0.3, 0.4) is 0 Å². The molecule has 1 aromatic heterocycles. The Labute approximate surface area is 163 Å². The summed E-state index contributed by atoms with van der Waals surface area (Å²) in [4.78, 5) is 16.0. The second-order valence-electron chi connectivity index (χ2n) is 8.78. The van der Waals surface area contributed by atoms with Crippen LogP contribution >= 0.6 is 0 Å². The molecule has 2 nitrogen and oxygen atoms in total. The van der Waals surface area contributed by atoms with E-state index in [0.717, 1.165) is 28.5 Å². The Kier molecular flexibility index (Phi) is 5.71. The van der Waals surface area contributed by atoms with Gasteiger partial charge in [-0.05, 0) is 53.6 Å². The number of benzene rings is 2. The van der Waals surface area contributed by atoms with Crippen LogP contribution in [0.1, 0.15) is 43.0 Å². The average Bonchev–Trinajstić information content (AvgIpc) is 2.61. The number of aromatic amines is 1. The lowest BCUT2D eigenvalue weighted by molar-refractivity contribution is 0.673. The van der Waals surface area contributed by atoms with E-state index in [1.54, 1.807) is 0 Å². The molecule has 1 heterocycles. The van der Waals surface area contributed by atoms with Gasteiger partial charge in [0.05, 0.1) is 8.07 Å². The Morgan fingerprint density at radius 1 is 0.963 bits per heavy atom. The highest BCUT2D eigenvalue weighted by Gasteiger charge is 2.28. The Bertz CT molecular complexity index is 980. The van der Waals surface area contributed by atoms with Crippen molar-refractivity contribution >= 4 is 18.8 Å². The van der Waals surface area contributed by atoms with Crippen molar-refractivity contribution in [1.82, 2.24) is 4.98 Å². The van der Waals surface area contributed by atoms with E-state index in [9.17, 15) is 4.79 Å². The van der Waals surface area contributed by atoms with Crippen LogP contribution in [0.2, 0.25) is 19.6 Å². The summed E-state index contributed by atoms with van der Waals surface area (Å²) < 4.78 is 0. The molecule has 3 heteroatoms. The van der Waals surface area contributed by atoms with Crippen LogP contribution in [0, 0.1) is 6.92 Å². The van der Waals surface area contributed by atoms with Gasteiger partial charge in [0.15, 0.2) is 0 Å². The van der Waals surface area contributed by atoms with Gasteiger partial charge in [-0.2, -0.15) is 0 Å². The lowest BCUT2D eigenvalue weighted by Crippen LogP contribution is -2.32. The smallest absolute Gasteiger partial charge is 0.256 e. The number of unbranched alkanes of at least 4 members (excludes halogenated alkanes) is 1. The van der Waals surface area contributed by atoms with Crippen molar-refractivity contribution in [3.05, 3.63) is 70.1 Å². The fourth-order valence-electron chi connectivity index (χ4n) is 3.87. The number of hydrogen-bond donors (Lipinski definition) is 1. The van der Waals surface area contributed by atoms with E-state index in [0.29, 0.717) is 5.54 Å². The molecule has 0 unspecified atom stereocenters. The third kappa shape index (κ3) is 4.41. The normalized spacial score (nSPS) is 13.1. The fourth-order valence-corrected chi connectivity index (χ4v) is 6.03. The molecule has 0 aliphatic heterocycles. The number of aryl methyl sites for hydroxylation is 1. The standard InChI is InChI=1S/C24H31NOSi/c1-6-7-8-23(27(3,4)5)22-16-20-15-19(13-14-21(20)24(26)25-22)18-11-9-17(2)10-12-18/h9-16,23H,6-8H2,1-5H3,(H,25,26)/t23-/m1/s1. The minimum absolute atomic E-state index is 0.0395. The molecule has 0 spiro atoms. The van der Waals surface area contributed by atoms with Gasteiger partial charge in [-0.25, -0.2) is 0 Å². The van der Waals surface area contributed by atoms with Gasteiger partial charge in [0.2, 0.25) is 0 Å². The fraction of sp³-hybridized carbons (Fsp3) is 0.375. The van der Waals surface area contributed by atoms with Crippen molar-refractivity contribution in [2.45, 2.75) is 58.3 Å². The van der Waals surface area contributed by atoms with Gasteiger partial charge in [0.1, 0.15) is 0 Å². The van der Waals surface area contributed by atoms with Crippen LogP contribution in [0.25, 0.3) is 21.9 Å². The second-order valence-corrected chi connectivity index (χ2v) is 14.2. The molecular weight excluding hydrogens is 346 g/mol. The third-order valence-corrected chi connectivity index (χ3v) is 8.21. The van der Waals surface area contributed by atoms with Crippen molar-refractivity contribution in [3.8, 4) is 11.1 Å². The highest BCUT2D eigenvalue weighted by atomic mass is 28.3. The van der Waals surface area contributed by atoms with E-state index < -0.39 is 8.07 Å². The van der Waals surface area contributed by atoms with Crippen LogP contribution < -0.4 is 5.56 Å². The minimum atomic E-state index is -1.43. The highest BCUT2D eigenvalue weighted by Crippen LogP contribution is 2.32. The first-order valence-electron chi connectivity index (χ1n) is 10.0. The molecule has 27 heavy (non-hydrogen) atoms. The Hall–Kier alpha value is -2.13. The van der Waals surface area contributed by atoms with E-state index in [4.69, 9.17) is 0 Å². The maximum Gasteiger partial charge on any atom is 0.256 e. The van der Waals surface area contributed by atoms with Crippen molar-refractivity contribution in [2.75, 3.05) is 0 Å². The molecule has 2 aromatic carbocycles. The quantitative estimate of drug-likeness (QED) is 0.479. The van der Waals surface area contributed by atoms with E-state index >= 15 is 0 Å². The Morgan fingerprint density at radius 3 is 2.26 bits per heavy atom. The number of pyridine rings is 1. The highest BCUT2D eigenvalue weighted by molar-refractivity contribution is 6.77. The largest absolute Gasteiger partial charge is 0.326 e. The summed E-state index contributed by atoms with van der Waals surface area (Å²) in [6.07, 6.45) is 3.56. The number of hydrogen-bond acceptors (Lipinski definition) is 1. The predicted molar refractivity (Wildman–Crippen MR) is 120 cm³/mol. The molecule has 3 aromatic rings. The zero-order chi connectivity index (χ0) is 19.6. The molecule has 0 amide bonds. The zero-order valence-corrected chi connectivity index (χ0v) is 18.2. The Morgan fingerprint density at radius 2 is 1.63 bits per heavy atom. The number of rotatable bonds is 6. The molecule has 142 valence electrons. The van der Waals surface area contributed by atoms with Crippen LogP contribution in [0.5, 0.6) is 0 Å². The van der Waals surface area contributed by atoms with Gasteiger partial charge in [0.25, 0.3) is 5.56 Å². The number of aromatic nitrogens is 1. The summed E-state index contributed by atoms with van der Waals surface area (Å²) in [6, 6.07) is 17.0. The summed E-state index contributed by atoms with van der Waals surface area (Å²) in [5.74, 6) is 0. The molecule has 1 atom stereocenters. The van der Waals surface area contributed by atoms with Gasteiger partial charge in [-0.3, -0.25) is 4.79 Å². The van der Waals surface area contributed by atoms with Crippen molar-refractivity contribution in [3.63, 3.8) is 0 Å². The van der Waals surface area contributed by atoms with Crippen molar-refractivity contribution < 1.29 is 0 Å². The summed E-state index contributed by atoms with van der Waals surface area (Å²) in [5.41, 5.74) is 5.26. The first-order valence-corrected chi connectivity index (χ1v) is 13.6. The van der Waals surface area contributed by atoms with E-state index in [-0.39, 0.29) is 5.56 Å². The molecule has 0 saturated carbocycles. The number of nitrogens with one attached hydrogen (secondary N) is 1. The van der Waals surface area contributed by atoms with Crippen LogP contribution in [-0.2, 0) is 0 Å². The minimum Gasteiger partial charge on any atom is -0.326 e. The van der Waals surface area contributed by atoms with Crippen LogP contribution in [0.4, 0.5) is 0 Å². The molecule has 0 bridgehead atoms. The van der Waals surface area contributed by atoms with E-state index in [1.165, 1.54) is 24.0 Å². The van der Waals surface area contributed by atoms with Crippen LogP contribution in [-0.4, -0.2) is 13.1 Å². The molecular formula is C24H31NOSi. The third-order valence-electron chi connectivity index (χ3n) is 5.52. The topological polar surface area (TPSA) is 32.9 Å². The monoisotopic (exact) mass is 377 g/mol. The SMILES string of the molecule is CCCC[C@H](c1cc2cc(-c3ccc(C)cc3)ccc2c(=O)[nH]1)[Si](C)(C)C. The van der Waals surface area contributed by atoms with Gasteiger partial charge in [0, 0.05) is 11.1 Å². The molecule has 0 aliphatic carbocycles. The first-order chi connectivity index (χ1) is 12.8. The summed E-state index contributed by atoms with van der Waals surface area (Å²) in [7, 11) is -1.43. The molecule has 0 radical (unpaired) electrons. The first kappa shape index (κ1) is 19.6. The summed E-state index contributed by atoms with van der Waals surface area (Å²) in [6.45, 7) is 11.5. The second kappa shape index (κ2) is 7.85. The Balaban J connectivity index is 2.10. The van der Waals surface area contributed by atoms with Crippen molar-refractivity contribution in [2.24, 2.45) is 0 Å². The molecule has 1 N–H and O–H groups in total. The molecule has 3 rings (SSSR count). The summed E-state index contributed by atoms with van der Waals surface area (Å²) in [5, 5.41) is 1.83. The van der Waals surface area contributed by atoms with Crippen LogP contribution in [0.15, 0.2) is 53.3 Å². The van der Waals surface area contributed by atoms with Gasteiger partial charge in [-0.1, -0.05) is 75.3 Å². The van der Waals surface area contributed by atoms with E-state index in [1.807, 2.05) is 6.07 Å². The zero-order valence-electron chi connectivity index (χ0n) is 17.2. The molecule has 0 saturated heterocycles. The van der Waals surface area contributed by atoms with Gasteiger partial charge < -0.3 is 4.98 Å². The maximum atomic E-state index is 12.8.